The Morgan fingerprint density at radius 3 is 3.21 bits per heavy atom. The second-order valence-corrected chi connectivity index (χ2v) is 3.47. The lowest BCUT2D eigenvalue weighted by Gasteiger charge is -2.01. The van der Waals surface area contributed by atoms with Crippen LogP contribution in [-0.2, 0) is 11.2 Å². The fourth-order valence-electron chi connectivity index (χ4n) is 1.64. The summed E-state index contributed by atoms with van der Waals surface area (Å²) in [7, 11) is 1.37. The maximum absolute atomic E-state index is 11.2. The van der Waals surface area contributed by atoms with Gasteiger partial charge in [-0.2, -0.15) is 0 Å². The molecule has 0 fully saturated rings. The Kier molecular flexibility index (Phi) is 2.11. The number of esters is 1. The van der Waals surface area contributed by atoms with Gasteiger partial charge in [-0.15, -0.1) is 0 Å². The maximum Gasteiger partial charge on any atom is 0.339 e. The highest BCUT2D eigenvalue weighted by molar-refractivity contribution is 5.89. The monoisotopic (exact) mass is 192 g/mol. The summed E-state index contributed by atoms with van der Waals surface area (Å²) in [5.74, 6) is 0.546. The van der Waals surface area contributed by atoms with Crippen molar-refractivity contribution >= 4 is 11.8 Å². The number of carbonyl (C=O) groups is 1. The Hall–Kier alpha value is -1.58. The zero-order valence-electron chi connectivity index (χ0n) is 8.20. The number of aromatic nitrogens is 1. The first-order valence-electron chi connectivity index (χ1n) is 4.54. The fourth-order valence-corrected chi connectivity index (χ4v) is 1.64. The van der Waals surface area contributed by atoms with Crippen molar-refractivity contribution in [2.24, 2.45) is 0 Å². The maximum atomic E-state index is 11.2. The molecule has 0 radical (unpaired) electrons. The van der Waals surface area contributed by atoms with Gasteiger partial charge in [-0.1, -0.05) is 0 Å². The molecule has 0 unspecified atom stereocenters. The van der Waals surface area contributed by atoms with E-state index in [1.165, 1.54) is 13.3 Å². The van der Waals surface area contributed by atoms with Gasteiger partial charge >= 0.3 is 5.97 Å². The van der Waals surface area contributed by atoms with Crippen molar-refractivity contribution in [2.75, 3.05) is 12.4 Å². The van der Waals surface area contributed by atoms with E-state index in [0.717, 1.165) is 17.8 Å². The van der Waals surface area contributed by atoms with Crippen LogP contribution in [0.4, 0.5) is 5.82 Å². The smallest absolute Gasteiger partial charge is 0.339 e. The summed E-state index contributed by atoms with van der Waals surface area (Å²) in [6.07, 6.45) is 2.45. The molecule has 2 heterocycles. The van der Waals surface area contributed by atoms with E-state index in [9.17, 15) is 4.79 Å². The molecule has 0 aliphatic carbocycles. The highest BCUT2D eigenvalue weighted by atomic mass is 16.5. The van der Waals surface area contributed by atoms with Gasteiger partial charge in [0, 0.05) is 12.2 Å². The quantitative estimate of drug-likeness (QED) is 0.680. The lowest BCUT2D eigenvalue weighted by atomic mass is 10.1. The SMILES string of the molecule is COC(=O)c1cnc2c(c1)C[C@@H](C)N2. The van der Waals surface area contributed by atoms with Crippen LogP contribution in [0.5, 0.6) is 0 Å². The van der Waals surface area contributed by atoms with E-state index in [-0.39, 0.29) is 5.97 Å². The molecule has 0 aromatic carbocycles. The number of nitrogens with one attached hydrogen (secondary N) is 1. The molecule has 1 N–H and O–H groups in total. The molecule has 74 valence electrons. The van der Waals surface area contributed by atoms with Gasteiger partial charge in [0.15, 0.2) is 0 Å². The van der Waals surface area contributed by atoms with E-state index in [0.29, 0.717) is 11.6 Å². The predicted octanol–water partition coefficient (Wildman–Crippen LogP) is 1.22. The highest BCUT2D eigenvalue weighted by Gasteiger charge is 2.19. The molecule has 0 spiro atoms. The minimum atomic E-state index is -0.333. The van der Waals surface area contributed by atoms with Gasteiger partial charge in [0.1, 0.15) is 5.82 Å². The van der Waals surface area contributed by atoms with Crippen molar-refractivity contribution < 1.29 is 9.53 Å². The third-order valence-electron chi connectivity index (χ3n) is 2.30. The van der Waals surface area contributed by atoms with Crippen molar-refractivity contribution in [1.82, 2.24) is 4.98 Å². The van der Waals surface area contributed by atoms with Crippen LogP contribution in [0.2, 0.25) is 0 Å². The molecular weight excluding hydrogens is 180 g/mol. The number of hydrogen-bond donors (Lipinski definition) is 1. The van der Waals surface area contributed by atoms with Crippen LogP contribution in [0, 0.1) is 0 Å². The Labute approximate surface area is 82.3 Å². The summed E-state index contributed by atoms with van der Waals surface area (Å²) in [4.78, 5) is 15.4. The van der Waals surface area contributed by atoms with Gasteiger partial charge in [0.25, 0.3) is 0 Å². The Morgan fingerprint density at radius 1 is 1.71 bits per heavy atom. The highest BCUT2D eigenvalue weighted by Crippen LogP contribution is 2.23. The van der Waals surface area contributed by atoms with E-state index in [4.69, 9.17) is 0 Å². The van der Waals surface area contributed by atoms with E-state index in [1.807, 2.05) is 6.07 Å². The van der Waals surface area contributed by atoms with Gasteiger partial charge in [0.2, 0.25) is 0 Å². The number of rotatable bonds is 1. The molecule has 1 aromatic heterocycles. The topological polar surface area (TPSA) is 51.2 Å². The van der Waals surface area contributed by atoms with Gasteiger partial charge < -0.3 is 10.1 Å². The Bertz CT molecular complexity index is 376. The number of nitrogens with zero attached hydrogens (tertiary/aromatic N) is 1. The van der Waals surface area contributed by atoms with Crippen molar-refractivity contribution in [3.63, 3.8) is 0 Å². The van der Waals surface area contributed by atoms with Crippen molar-refractivity contribution in [3.05, 3.63) is 23.4 Å². The summed E-state index contributed by atoms with van der Waals surface area (Å²) < 4.78 is 4.62. The lowest BCUT2D eigenvalue weighted by Crippen LogP contribution is -2.08. The number of hydrogen-bond acceptors (Lipinski definition) is 4. The summed E-state index contributed by atoms with van der Waals surface area (Å²) in [6, 6.07) is 2.23. The first-order valence-corrected chi connectivity index (χ1v) is 4.54. The second-order valence-electron chi connectivity index (χ2n) is 3.47. The normalized spacial score (nSPS) is 18.6. The number of methoxy groups -OCH3 is 1. The fraction of sp³-hybridized carbons (Fsp3) is 0.400. The molecule has 1 aliphatic heterocycles. The molecule has 2 rings (SSSR count). The number of carbonyl (C=O) groups excluding carboxylic acids is 1. The number of anilines is 1. The van der Waals surface area contributed by atoms with Crippen LogP contribution in [-0.4, -0.2) is 24.1 Å². The largest absolute Gasteiger partial charge is 0.465 e. The van der Waals surface area contributed by atoms with Gasteiger partial charge in [0.05, 0.1) is 12.7 Å². The van der Waals surface area contributed by atoms with Crippen LogP contribution in [0.15, 0.2) is 12.3 Å². The third kappa shape index (κ3) is 1.43. The first kappa shape index (κ1) is 8.99. The molecule has 0 saturated heterocycles. The summed E-state index contributed by atoms with van der Waals surface area (Å²) in [5, 5.41) is 3.22. The zero-order valence-corrected chi connectivity index (χ0v) is 8.20. The average Bonchev–Trinajstić information content (AvgIpc) is 2.55. The molecular formula is C10H12N2O2. The van der Waals surface area contributed by atoms with Gasteiger partial charge in [-0.05, 0) is 25.0 Å². The van der Waals surface area contributed by atoms with E-state index in [1.54, 1.807) is 0 Å². The van der Waals surface area contributed by atoms with Crippen LogP contribution in [0.1, 0.15) is 22.8 Å². The Morgan fingerprint density at radius 2 is 2.50 bits per heavy atom. The van der Waals surface area contributed by atoms with Crippen LogP contribution in [0.25, 0.3) is 0 Å². The van der Waals surface area contributed by atoms with Crippen molar-refractivity contribution in [3.8, 4) is 0 Å². The number of fused-ring (bicyclic) bond motifs is 1. The Balaban J connectivity index is 2.33. The van der Waals surface area contributed by atoms with Crippen molar-refractivity contribution in [2.45, 2.75) is 19.4 Å². The molecule has 1 atom stereocenters. The van der Waals surface area contributed by atoms with E-state index >= 15 is 0 Å². The van der Waals surface area contributed by atoms with Gasteiger partial charge in [-0.25, -0.2) is 9.78 Å². The standard InChI is InChI=1S/C10H12N2O2/c1-6-3-7-4-8(10(13)14-2)5-11-9(7)12-6/h4-6H,3H2,1-2H3,(H,11,12)/t6-/m1/s1. The van der Waals surface area contributed by atoms with Crippen LogP contribution >= 0.6 is 0 Å². The van der Waals surface area contributed by atoms with Crippen LogP contribution in [0.3, 0.4) is 0 Å². The molecule has 1 aliphatic rings. The molecule has 1 aromatic rings. The number of ether oxygens (including phenoxy) is 1. The molecule has 4 heteroatoms. The first-order chi connectivity index (χ1) is 6.70. The minimum absolute atomic E-state index is 0.333. The third-order valence-corrected chi connectivity index (χ3v) is 2.30. The number of pyridine rings is 1. The summed E-state index contributed by atoms with van der Waals surface area (Å²) in [6.45, 7) is 2.08. The van der Waals surface area contributed by atoms with Gasteiger partial charge in [-0.3, -0.25) is 0 Å². The van der Waals surface area contributed by atoms with Crippen LogP contribution < -0.4 is 5.32 Å². The van der Waals surface area contributed by atoms with Crippen molar-refractivity contribution in [1.29, 1.82) is 0 Å². The molecule has 0 saturated carbocycles. The minimum Gasteiger partial charge on any atom is -0.465 e. The summed E-state index contributed by atoms with van der Waals surface area (Å²) in [5.41, 5.74) is 1.60. The molecule has 0 amide bonds. The zero-order chi connectivity index (χ0) is 10.1. The summed E-state index contributed by atoms with van der Waals surface area (Å²) >= 11 is 0. The molecule has 0 bridgehead atoms. The van der Waals surface area contributed by atoms with E-state index in [2.05, 4.69) is 22.0 Å². The molecule has 14 heavy (non-hydrogen) atoms. The second kappa shape index (κ2) is 3.29. The lowest BCUT2D eigenvalue weighted by molar-refractivity contribution is 0.0600. The van der Waals surface area contributed by atoms with E-state index < -0.39 is 0 Å². The molecule has 4 nitrogen and oxygen atoms in total. The average molecular weight is 192 g/mol. The predicted molar refractivity (Wildman–Crippen MR) is 52.4 cm³/mol.